The standard InChI is InChI=1S/C25H21F3O3S/c26-25(27,28)16-19-8-4-5-9-22(19)23(18-6-2-1-3-7-18)14-15-32-21-12-10-20(11-13-21)31-17-24(29)30/h1-14H,15-17H2,(H,29,30). The molecule has 0 bridgehead atoms. The Morgan fingerprint density at radius 2 is 1.59 bits per heavy atom. The zero-order valence-electron chi connectivity index (χ0n) is 17.0. The van der Waals surface area contributed by atoms with E-state index in [1.165, 1.54) is 17.8 Å². The number of carbonyl (C=O) groups is 1. The Balaban J connectivity index is 1.81. The van der Waals surface area contributed by atoms with Gasteiger partial charge in [0.15, 0.2) is 6.61 Å². The fourth-order valence-corrected chi connectivity index (χ4v) is 3.92. The minimum Gasteiger partial charge on any atom is -0.482 e. The third-order valence-electron chi connectivity index (χ3n) is 4.51. The predicted octanol–water partition coefficient (Wildman–Crippen LogP) is 6.48. The number of halogens is 3. The van der Waals surface area contributed by atoms with Crippen molar-refractivity contribution in [3.63, 3.8) is 0 Å². The molecule has 0 heterocycles. The number of thioether (sulfide) groups is 1. The third-order valence-corrected chi connectivity index (χ3v) is 5.45. The van der Waals surface area contributed by atoms with Crippen LogP contribution >= 0.6 is 11.8 Å². The summed E-state index contributed by atoms with van der Waals surface area (Å²) in [4.78, 5) is 11.5. The van der Waals surface area contributed by atoms with E-state index in [0.29, 0.717) is 17.1 Å². The van der Waals surface area contributed by atoms with Gasteiger partial charge in [0.2, 0.25) is 0 Å². The molecule has 0 aliphatic heterocycles. The lowest BCUT2D eigenvalue weighted by molar-refractivity contribution is -0.139. The summed E-state index contributed by atoms with van der Waals surface area (Å²) in [7, 11) is 0. The van der Waals surface area contributed by atoms with E-state index in [4.69, 9.17) is 9.84 Å². The largest absolute Gasteiger partial charge is 0.482 e. The quantitative estimate of drug-likeness (QED) is 0.373. The van der Waals surface area contributed by atoms with Crippen molar-refractivity contribution in [1.82, 2.24) is 0 Å². The number of ether oxygens (including phenoxy) is 1. The Morgan fingerprint density at radius 3 is 2.25 bits per heavy atom. The maximum Gasteiger partial charge on any atom is 0.393 e. The molecule has 1 N–H and O–H groups in total. The van der Waals surface area contributed by atoms with Gasteiger partial charge < -0.3 is 9.84 Å². The first kappa shape index (κ1) is 23.5. The number of hydrogen-bond acceptors (Lipinski definition) is 3. The van der Waals surface area contributed by atoms with Gasteiger partial charge in [0.05, 0.1) is 6.42 Å². The van der Waals surface area contributed by atoms with Gasteiger partial charge in [-0.3, -0.25) is 0 Å². The summed E-state index contributed by atoms with van der Waals surface area (Å²) < 4.78 is 44.5. The molecule has 0 aromatic heterocycles. The molecule has 0 amide bonds. The van der Waals surface area contributed by atoms with Gasteiger partial charge in [-0.25, -0.2) is 4.79 Å². The first-order chi connectivity index (χ1) is 15.3. The zero-order chi connectivity index (χ0) is 23.0. The molecule has 7 heteroatoms. The van der Waals surface area contributed by atoms with Gasteiger partial charge in [-0.05, 0) is 46.5 Å². The lowest BCUT2D eigenvalue weighted by atomic mass is 9.92. The van der Waals surface area contributed by atoms with Gasteiger partial charge in [0, 0.05) is 10.6 Å². The maximum absolute atomic E-state index is 13.1. The van der Waals surface area contributed by atoms with Crippen molar-refractivity contribution in [3.05, 3.63) is 102 Å². The van der Waals surface area contributed by atoms with Gasteiger partial charge >= 0.3 is 12.1 Å². The molecule has 0 atom stereocenters. The number of alkyl halides is 3. The molecule has 3 rings (SSSR count). The molecule has 0 saturated carbocycles. The minimum absolute atomic E-state index is 0.236. The average Bonchev–Trinajstić information content (AvgIpc) is 2.76. The Bertz CT molecular complexity index is 1060. The molecule has 0 aliphatic rings. The molecule has 3 aromatic rings. The van der Waals surface area contributed by atoms with Crippen molar-refractivity contribution in [2.75, 3.05) is 12.4 Å². The molecule has 0 spiro atoms. The van der Waals surface area contributed by atoms with Crippen LogP contribution in [0.25, 0.3) is 5.57 Å². The molecular weight excluding hydrogens is 437 g/mol. The zero-order valence-corrected chi connectivity index (χ0v) is 17.8. The molecular formula is C25H21F3O3S. The number of carboxylic acid groups (broad SMARTS) is 1. The number of carboxylic acids is 1. The second-order valence-corrected chi connectivity index (χ2v) is 7.99. The van der Waals surface area contributed by atoms with Crippen molar-refractivity contribution >= 4 is 23.3 Å². The van der Waals surface area contributed by atoms with Gasteiger partial charge in [0.25, 0.3) is 0 Å². The first-order valence-corrected chi connectivity index (χ1v) is 10.8. The van der Waals surface area contributed by atoms with E-state index in [1.807, 2.05) is 48.5 Å². The van der Waals surface area contributed by atoms with E-state index in [0.717, 1.165) is 16.0 Å². The second kappa shape index (κ2) is 10.9. The fourth-order valence-electron chi connectivity index (χ4n) is 3.15. The van der Waals surface area contributed by atoms with Crippen LogP contribution in [-0.4, -0.2) is 29.6 Å². The molecule has 0 radical (unpaired) electrons. The Kier molecular flexibility index (Phi) is 8.00. The van der Waals surface area contributed by atoms with Crippen LogP contribution in [0.1, 0.15) is 16.7 Å². The van der Waals surface area contributed by atoms with Gasteiger partial charge in [-0.2, -0.15) is 13.2 Å². The average molecular weight is 459 g/mol. The Labute approximate surface area is 188 Å². The highest BCUT2D eigenvalue weighted by Gasteiger charge is 2.29. The van der Waals surface area contributed by atoms with E-state index in [1.54, 1.807) is 30.3 Å². The summed E-state index contributed by atoms with van der Waals surface area (Å²) in [6, 6.07) is 23.0. The maximum atomic E-state index is 13.1. The van der Waals surface area contributed by atoms with E-state index < -0.39 is 25.2 Å². The molecule has 32 heavy (non-hydrogen) atoms. The van der Waals surface area contributed by atoms with Gasteiger partial charge in [-0.1, -0.05) is 60.7 Å². The summed E-state index contributed by atoms with van der Waals surface area (Å²) in [5, 5.41) is 8.67. The van der Waals surface area contributed by atoms with Crippen LogP contribution in [0.5, 0.6) is 5.75 Å². The second-order valence-electron chi connectivity index (χ2n) is 6.90. The van der Waals surface area contributed by atoms with E-state index in [9.17, 15) is 18.0 Å². The summed E-state index contributed by atoms with van der Waals surface area (Å²) >= 11 is 1.52. The Hall–Kier alpha value is -3.19. The smallest absolute Gasteiger partial charge is 0.393 e. The highest BCUT2D eigenvalue weighted by atomic mass is 32.2. The highest BCUT2D eigenvalue weighted by molar-refractivity contribution is 7.99. The van der Waals surface area contributed by atoms with Gasteiger partial charge in [-0.15, -0.1) is 11.8 Å². The van der Waals surface area contributed by atoms with Crippen LogP contribution in [0.4, 0.5) is 13.2 Å². The van der Waals surface area contributed by atoms with Crippen LogP contribution in [0.2, 0.25) is 0 Å². The molecule has 0 fully saturated rings. The topological polar surface area (TPSA) is 46.5 Å². The lowest BCUT2D eigenvalue weighted by Crippen LogP contribution is -2.13. The van der Waals surface area contributed by atoms with Crippen LogP contribution in [0.15, 0.2) is 89.8 Å². The fraction of sp³-hybridized carbons (Fsp3) is 0.160. The monoisotopic (exact) mass is 458 g/mol. The normalized spacial score (nSPS) is 11.9. The number of aliphatic carboxylic acids is 1. The van der Waals surface area contributed by atoms with Crippen molar-refractivity contribution in [3.8, 4) is 5.75 Å². The highest BCUT2D eigenvalue weighted by Crippen LogP contribution is 2.32. The van der Waals surface area contributed by atoms with Crippen LogP contribution in [-0.2, 0) is 11.2 Å². The Morgan fingerprint density at radius 1 is 0.938 bits per heavy atom. The number of rotatable bonds is 9. The lowest BCUT2D eigenvalue weighted by Gasteiger charge is -2.15. The molecule has 166 valence electrons. The van der Waals surface area contributed by atoms with Crippen LogP contribution < -0.4 is 4.74 Å². The van der Waals surface area contributed by atoms with Crippen LogP contribution in [0.3, 0.4) is 0 Å². The molecule has 0 unspecified atom stereocenters. The van der Waals surface area contributed by atoms with Crippen LogP contribution in [0, 0.1) is 0 Å². The summed E-state index contributed by atoms with van der Waals surface area (Å²) in [5.74, 6) is -0.0499. The molecule has 3 nitrogen and oxygen atoms in total. The SMILES string of the molecule is O=C(O)COc1ccc(SCC=C(c2ccccc2)c2ccccc2CC(F)(F)F)cc1. The summed E-state index contributed by atoms with van der Waals surface area (Å²) in [5.41, 5.74) is 2.40. The number of benzene rings is 3. The summed E-state index contributed by atoms with van der Waals surface area (Å²) in [6.45, 7) is -0.410. The van der Waals surface area contributed by atoms with E-state index in [2.05, 4.69) is 0 Å². The predicted molar refractivity (Wildman–Crippen MR) is 120 cm³/mol. The van der Waals surface area contributed by atoms with Crippen molar-refractivity contribution < 1.29 is 27.8 Å². The minimum atomic E-state index is -4.29. The molecule has 3 aromatic carbocycles. The van der Waals surface area contributed by atoms with Crippen molar-refractivity contribution in [2.24, 2.45) is 0 Å². The van der Waals surface area contributed by atoms with E-state index in [-0.39, 0.29) is 5.56 Å². The van der Waals surface area contributed by atoms with Gasteiger partial charge in [0.1, 0.15) is 5.75 Å². The summed E-state index contributed by atoms with van der Waals surface area (Å²) in [6.07, 6.45) is -3.35. The van der Waals surface area contributed by atoms with E-state index >= 15 is 0 Å². The number of hydrogen-bond donors (Lipinski definition) is 1. The van der Waals surface area contributed by atoms with Crippen molar-refractivity contribution in [1.29, 1.82) is 0 Å². The molecule has 0 saturated heterocycles. The van der Waals surface area contributed by atoms with Crippen molar-refractivity contribution in [2.45, 2.75) is 17.5 Å². The molecule has 0 aliphatic carbocycles. The first-order valence-electron chi connectivity index (χ1n) is 9.80. The third kappa shape index (κ3) is 7.20.